The molecule has 8 heteroatoms. The fourth-order valence-electron chi connectivity index (χ4n) is 4.50. The number of sulfonamides is 1. The molecule has 0 radical (unpaired) electrons. The highest BCUT2D eigenvalue weighted by Crippen LogP contribution is 2.23. The van der Waals surface area contributed by atoms with E-state index in [1.807, 2.05) is 48.4 Å². The lowest BCUT2D eigenvalue weighted by atomic mass is 10.1. The summed E-state index contributed by atoms with van der Waals surface area (Å²) in [7, 11) is -3.54. The Kier molecular flexibility index (Phi) is 7.02. The van der Waals surface area contributed by atoms with Crippen molar-refractivity contribution < 1.29 is 17.6 Å². The fraction of sp³-hybridized carbons (Fsp3) is 0.346. The van der Waals surface area contributed by atoms with Crippen molar-refractivity contribution in [2.45, 2.75) is 32.1 Å². The maximum atomic E-state index is 13.3. The molecule has 2 heterocycles. The third-order valence-corrected chi connectivity index (χ3v) is 8.40. The topological polar surface area (TPSA) is 62.6 Å². The van der Waals surface area contributed by atoms with Crippen LogP contribution in [-0.2, 0) is 16.4 Å². The van der Waals surface area contributed by atoms with Gasteiger partial charge in [0.25, 0.3) is 0 Å². The van der Waals surface area contributed by atoms with E-state index in [0.717, 1.165) is 29.1 Å². The molecule has 1 aliphatic rings. The van der Waals surface area contributed by atoms with Crippen LogP contribution in [0.25, 0.3) is 5.69 Å². The minimum absolute atomic E-state index is 0.00655. The van der Waals surface area contributed by atoms with E-state index in [2.05, 4.69) is 0 Å². The molecule has 0 bridgehead atoms. The first-order valence-electron chi connectivity index (χ1n) is 11.5. The minimum Gasteiger partial charge on any atom is -0.318 e. The van der Waals surface area contributed by atoms with Crippen molar-refractivity contribution >= 4 is 15.8 Å². The van der Waals surface area contributed by atoms with Crippen molar-refractivity contribution in [2.24, 2.45) is 0 Å². The number of halogens is 1. The van der Waals surface area contributed by atoms with Gasteiger partial charge in [-0.2, -0.15) is 4.31 Å². The van der Waals surface area contributed by atoms with Crippen LogP contribution in [0.5, 0.6) is 0 Å². The molecule has 0 spiro atoms. The molecular weight excluding hydrogens is 453 g/mol. The zero-order chi connectivity index (χ0) is 24.5. The normalized spacial score (nSPS) is 15.5. The van der Waals surface area contributed by atoms with E-state index in [9.17, 15) is 17.6 Å². The summed E-state index contributed by atoms with van der Waals surface area (Å²) in [6, 6.07) is 15.1. The maximum Gasteiger partial charge on any atom is 0.243 e. The Morgan fingerprint density at radius 1 is 0.941 bits per heavy atom. The van der Waals surface area contributed by atoms with Gasteiger partial charge in [-0.15, -0.1) is 0 Å². The summed E-state index contributed by atoms with van der Waals surface area (Å²) in [5.74, 6) is -0.311. The predicted octanol–water partition coefficient (Wildman–Crippen LogP) is 3.98. The third kappa shape index (κ3) is 4.85. The van der Waals surface area contributed by atoms with Crippen LogP contribution in [0.15, 0.2) is 59.5 Å². The van der Waals surface area contributed by atoms with Crippen LogP contribution in [0.2, 0.25) is 0 Å². The molecule has 6 nitrogen and oxygen atoms in total. The van der Waals surface area contributed by atoms with Gasteiger partial charge in [-0.05, 0) is 68.3 Å². The smallest absolute Gasteiger partial charge is 0.243 e. The minimum atomic E-state index is -3.54. The Morgan fingerprint density at radius 3 is 2.15 bits per heavy atom. The number of piperazine rings is 1. The van der Waals surface area contributed by atoms with Crippen LogP contribution in [0.3, 0.4) is 0 Å². The molecule has 0 saturated carbocycles. The molecule has 0 unspecified atom stereocenters. The molecule has 34 heavy (non-hydrogen) atoms. The van der Waals surface area contributed by atoms with Gasteiger partial charge in [0.05, 0.1) is 11.4 Å². The van der Waals surface area contributed by atoms with Crippen molar-refractivity contribution in [3.05, 3.63) is 82.9 Å². The van der Waals surface area contributed by atoms with Crippen molar-refractivity contribution in [3.8, 4) is 5.69 Å². The first kappa shape index (κ1) is 24.3. The molecule has 1 aliphatic heterocycles. The number of carbonyl (C=O) groups excluding carboxylic acids is 1. The molecule has 3 aromatic rings. The van der Waals surface area contributed by atoms with Gasteiger partial charge in [-0.25, -0.2) is 12.8 Å². The summed E-state index contributed by atoms with van der Waals surface area (Å²) in [5, 5.41) is 0. The van der Waals surface area contributed by atoms with Gasteiger partial charge in [-0.3, -0.25) is 9.69 Å². The molecule has 0 atom stereocenters. The molecule has 2 aromatic carbocycles. The van der Waals surface area contributed by atoms with Gasteiger partial charge >= 0.3 is 0 Å². The lowest BCUT2D eigenvalue weighted by Gasteiger charge is -2.33. The van der Waals surface area contributed by atoms with Crippen LogP contribution < -0.4 is 0 Å². The molecule has 0 amide bonds. The van der Waals surface area contributed by atoms with Gasteiger partial charge in [-0.1, -0.05) is 19.1 Å². The largest absolute Gasteiger partial charge is 0.318 e. The van der Waals surface area contributed by atoms with Gasteiger partial charge in [0.1, 0.15) is 5.82 Å². The number of Topliss-reactive ketones (excluding diaryl/α,β-unsaturated/α-hetero) is 1. The second kappa shape index (κ2) is 9.82. The van der Waals surface area contributed by atoms with Gasteiger partial charge in [0, 0.05) is 48.8 Å². The summed E-state index contributed by atoms with van der Waals surface area (Å²) in [4.78, 5) is 15.4. The number of hydrogen-bond acceptors (Lipinski definition) is 4. The summed E-state index contributed by atoms with van der Waals surface area (Å²) in [6.07, 6.45) is 0.860. The highest BCUT2D eigenvalue weighted by molar-refractivity contribution is 7.89. The Hall–Kier alpha value is -2.81. The average molecular weight is 484 g/mol. The SMILES string of the molecule is CCc1ccc(S(=O)(=O)N2CCN(CC(=O)c3cc(C)n(-c4ccc(F)cc4)c3C)CC2)cc1. The molecular formula is C26H30FN3O3S. The van der Waals surface area contributed by atoms with E-state index in [1.54, 1.807) is 24.3 Å². The lowest BCUT2D eigenvalue weighted by molar-refractivity contribution is 0.0901. The summed E-state index contributed by atoms with van der Waals surface area (Å²) in [6.45, 7) is 7.75. The predicted molar refractivity (Wildman–Crippen MR) is 131 cm³/mol. The van der Waals surface area contributed by atoms with Crippen molar-refractivity contribution in [1.82, 2.24) is 13.8 Å². The quantitative estimate of drug-likeness (QED) is 0.477. The van der Waals surface area contributed by atoms with Crippen LogP contribution in [-0.4, -0.2) is 60.7 Å². The van der Waals surface area contributed by atoms with Crippen molar-refractivity contribution in [3.63, 3.8) is 0 Å². The van der Waals surface area contributed by atoms with E-state index in [0.29, 0.717) is 36.6 Å². The van der Waals surface area contributed by atoms with Crippen LogP contribution in [0.1, 0.15) is 34.2 Å². The van der Waals surface area contributed by atoms with Crippen molar-refractivity contribution in [1.29, 1.82) is 0 Å². The first-order valence-corrected chi connectivity index (χ1v) is 12.9. The monoisotopic (exact) mass is 483 g/mol. The van der Waals surface area contributed by atoms with E-state index < -0.39 is 10.0 Å². The Morgan fingerprint density at radius 2 is 1.56 bits per heavy atom. The van der Waals surface area contributed by atoms with E-state index in [1.165, 1.54) is 16.4 Å². The Labute approximate surface area is 200 Å². The number of benzene rings is 2. The van der Waals surface area contributed by atoms with E-state index in [-0.39, 0.29) is 18.1 Å². The Bertz CT molecular complexity index is 1270. The number of hydrogen-bond donors (Lipinski definition) is 0. The summed E-state index contributed by atoms with van der Waals surface area (Å²) >= 11 is 0. The number of rotatable bonds is 7. The number of aromatic nitrogens is 1. The maximum absolute atomic E-state index is 13.3. The second-order valence-electron chi connectivity index (χ2n) is 8.70. The molecule has 1 fully saturated rings. The van der Waals surface area contributed by atoms with Gasteiger partial charge in [0.2, 0.25) is 10.0 Å². The molecule has 1 aromatic heterocycles. The zero-order valence-corrected chi connectivity index (χ0v) is 20.6. The molecule has 0 aliphatic carbocycles. The average Bonchev–Trinajstić information content (AvgIpc) is 3.14. The molecule has 1 saturated heterocycles. The first-order chi connectivity index (χ1) is 16.2. The number of carbonyl (C=O) groups is 1. The fourth-order valence-corrected chi connectivity index (χ4v) is 5.92. The second-order valence-corrected chi connectivity index (χ2v) is 10.6. The van der Waals surface area contributed by atoms with Crippen LogP contribution in [0, 0.1) is 19.7 Å². The number of aryl methyl sites for hydroxylation is 2. The number of ketones is 1. The standard InChI is InChI=1S/C26H30FN3O3S/c1-4-21-5-11-24(12-6-21)34(32,33)29-15-13-28(14-16-29)18-26(31)25-17-19(2)30(20(25)3)23-9-7-22(27)8-10-23/h5-12,17H,4,13-16,18H2,1-3H3. The van der Waals surface area contributed by atoms with Crippen LogP contribution in [0.4, 0.5) is 4.39 Å². The third-order valence-electron chi connectivity index (χ3n) is 6.48. The van der Waals surface area contributed by atoms with Gasteiger partial charge < -0.3 is 4.57 Å². The molecule has 180 valence electrons. The van der Waals surface area contributed by atoms with E-state index >= 15 is 0 Å². The number of nitrogens with zero attached hydrogens (tertiary/aromatic N) is 3. The van der Waals surface area contributed by atoms with Crippen LogP contribution >= 0.6 is 0 Å². The van der Waals surface area contributed by atoms with E-state index in [4.69, 9.17) is 0 Å². The highest BCUT2D eigenvalue weighted by Gasteiger charge is 2.29. The molecule has 4 rings (SSSR count). The van der Waals surface area contributed by atoms with Gasteiger partial charge in [0.15, 0.2) is 5.78 Å². The highest BCUT2D eigenvalue weighted by atomic mass is 32.2. The lowest BCUT2D eigenvalue weighted by Crippen LogP contribution is -2.49. The zero-order valence-electron chi connectivity index (χ0n) is 19.8. The summed E-state index contributed by atoms with van der Waals surface area (Å²) in [5.41, 5.74) is 4.25. The Balaban J connectivity index is 1.41. The summed E-state index contributed by atoms with van der Waals surface area (Å²) < 4.78 is 42.7. The van der Waals surface area contributed by atoms with Crippen molar-refractivity contribution in [2.75, 3.05) is 32.7 Å². The molecule has 0 N–H and O–H groups in total.